The molecule has 4 nitrogen and oxygen atoms in total. The Hall–Kier alpha value is -2.28. The molecule has 96 valence electrons. The summed E-state index contributed by atoms with van der Waals surface area (Å²) < 4.78 is 2.07. The molecule has 1 aliphatic rings. The summed E-state index contributed by atoms with van der Waals surface area (Å²) >= 11 is 0. The van der Waals surface area contributed by atoms with Crippen LogP contribution in [0.2, 0.25) is 0 Å². The molecule has 1 aliphatic heterocycles. The summed E-state index contributed by atoms with van der Waals surface area (Å²) in [6, 6.07) is 12.2. The van der Waals surface area contributed by atoms with Crippen molar-refractivity contribution in [1.82, 2.24) is 9.88 Å². The number of aromatic nitrogens is 1. The molecule has 4 heteroatoms. The number of nitrogens with one attached hydrogen (secondary N) is 1. The third kappa shape index (κ3) is 2.19. The van der Waals surface area contributed by atoms with E-state index in [9.17, 15) is 10.1 Å². The zero-order chi connectivity index (χ0) is 13.2. The summed E-state index contributed by atoms with van der Waals surface area (Å²) in [5.41, 5.74) is 1.79. The summed E-state index contributed by atoms with van der Waals surface area (Å²) in [6.45, 7) is 1.49. The number of para-hydroxylation sites is 1. The van der Waals surface area contributed by atoms with Crippen LogP contribution in [0.3, 0.4) is 0 Å². The van der Waals surface area contributed by atoms with Crippen LogP contribution in [0.4, 0.5) is 0 Å². The van der Waals surface area contributed by atoms with Gasteiger partial charge in [-0.05, 0) is 24.5 Å². The number of nitrogens with zero attached hydrogens (tertiary/aromatic N) is 2. The third-order valence-electron chi connectivity index (χ3n) is 3.73. The molecule has 0 saturated carbocycles. The molecule has 3 rings (SSSR count). The number of carbonyl (C=O) groups excluding carboxylic acids is 1. The van der Waals surface area contributed by atoms with Crippen molar-refractivity contribution in [1.29, 1.82) is 5.26 Å². The number of hydrogen-bond acceptors (Lipinski definition) is 2. The number of rotatable bonds is 2. The van der Waals surface area contributed by atoms with Gasteiger partial charge in [-0.25, -0.2) is 0 Å². The van der Waals surface area contributed by atoms with Crippen molar-refractivity contribution >= 4 is 16.8 Å². The topological polar surface area (TPSA) is 57.8 Å². The number of hydrogen-bond donors (Lipinski definition) is 1. The molecular formula is C15H15N3O. The molecule has 1 atom stereocenters. The van der Waals surface area contributed by atoms with E-state index < -0.39 is 0 Å². The van der Waals surface area contributed by atoms with Gasteiger partial charge in [0.05, 0.1) is 0 Å². The van der Waals surface area contributed by atoms with Crippen molar-refractivity contribution in [3.8, 4) is 6.07 Å². The average molecular weight is 253 g/mol. The second-order valence-corrected chi connectivity index (χ2v) is 5.02. The van der Waals surface area contributed by atoms with Crippen molar-refractivity contribution in [2.45, 2.75) is 19.4 Å². The number of nitriles is 1. The Balaban J connectivity index is 1.91. The van der Waals surface area contributed by atoms with E-state index in [0.29, 0.717) is 24.6 Å². The molecule has 19 heavy (non-hydrogen) atoms. The molecule has 0 bridgehead atoms. The van der Waals surface area contributed by atoms with Gasteiger partial charge in [0.25, 0.3) is 0 Å². The molecule has 1 aromatic heterocycles. The van der Waals surface area contributed by atoms with E-state index in [1.165, 1.54) is 0 Å². The largest absolute Gasteiger partial charge is 0.356 e. The fourth-order valence-electron chi connectivity index (χ4n) is 2.70. The lowest BCUT2D eigenvalue weighted by atomic mass is 9.99. The predicted octanol–water partition coefficient (Wildman–Crippen LogP) is 2.04. The molecule has 0 aliphatic carbocycles. The highest BCUT2D eigenvalue weighted by Gasteiger charge is 2.20. The molecule has 0 radical (unpaired) electrons. The Morgan fingerprint density at radius 3 is 3.00 bits per heavy atom. The maximum absolute atomic E-state index is 11.2. The number of fused-ring (bicyclic) bond motifs is 1. The Morgan fingerprint density at radius 1 is 1.42 bits per heavy atom. The van der Waals surface area contributed by atoms with Gasteiger partial charge in [0.15, 0.2) is 0 Å². The second-order valence-electron chi connectivity index (χ2n) is 5.02. The van der Waals surface area contributed by atoms with E-state index in [-0.39, 0.29) is 5.91 Å². The maximum atomic E-state index is 11.2. The zero-order valence-electron chi connectivity index (χ0n) is 10.6. The van der Waals surface area contributed by atoms with E-state index in [1.807, 2.05) is 30.3 Å². The van der Waals surface area contributed by atoms with E-state index >= 15 is 0 Å². The molecule has 2 heterocycles. The molecule has 0 spiro atoms. The van der Waals surface area contributed by atoms with Crippen molar-refractivity contribution in [3.63, 3.8) is 0 Å². The zero-order valence-corrected chi connectivity index (χ0v) is 10.6. The van der Waals surface area contributed by atoms with Crippen molar-refractivity contribution in [2.75, 3.05) is 6.54 Å². The highest BCUT2D eigenvalue weighted by atomic mass is 16.1. The van der Waals surface area contributed by atoms with E-state index in [2.05, 4.69) is 16.0 Å². The normalized spacial score (nSPS) is 19.1. The summed E-state index contributed by atoms with van der Waals surface area (Å²) in [5.74, 6) is 0.537. The molecule has 1 unspecified atom stereocenters. The molecule has 1 amide bonds. The monoisotopic (exact) mass is 253 g/mol. The first-order chi connectivity index (χ1) is 9.28. The van der Waals surface area contributed by atoms with Crippen LogP contribution in [0, 0.1) is 17.2 Å². The van der Waals surface area contributed by atoms with Crippen LogP contribution in [0.15, 0.2) is 30.3 Å². The van der Waals surface area contributed by atoms with Gasteiger partial charge >= 0.3 is 0 Å². The Bertz CT molecular complexity index is 656. The second kappa shape index (κ2) is 4.77. The van der Waals surface area contributed by atoms with Crippen molar-refractivity contribution in [3.05, 3.63) is 36.0 Å². The molecular weight excluding hydrogens is 238 g/mol. The maximum Gasteiger partial charge on any atom is 0.220 e. The van der Waals surface area contributed by atoms with Crippen LogP contribution >= 0.6 is 0 Å². The van der Waals surface area contributed by atoms with E-state index in [1.54, 1.807) is 0 Å². The summed E-state index contributed by atoms with van der Waals surface area (Å²) in [6.07, 6.45) is 1.48. The molecule has 1 aromatic carbocycles. The van der Waals surface area contributed by atoms with Gasteiger partial charge in [-0.15, -0.1) is 0 Å². The minimum absolute atomic E-state index is 0.133. The lowest BCUT2D eigenvalue weighted by Gasteiger charge is -2.23. The van der Waals surface area contributed by atoms with Gasteiger partial charge in [0.2, 0.25) is 5.91 Å². The van der Waals surface area contributed by atoms with Gasteiger partial charge in [-0.3, -0.25) is 4.79 Å². The molecule has 1 saturated heterocycles. The van der Waals surface area contributed by atoms with E-state index in [4.69, 9.17) is 0 Å². The first kappa shape index (κ1) is 11.8. The summed E-state index contributed by atoms with van der Waals surface area (Å²) in [5, 5.41) is 13.2. The predicted molar refractivity (Wildman–Crippen MR) is 72.4 cm³/mol. The first-order valence-corrected chi connectivity index (χ1v) is 6.53. The number of amides is 1. The lowest BCUT2D eigenvalue weighted by molar-refractivity contribution is -0.123. The quantitative estimate of drug-likeness (QED) is 0.890. The van der Waals surface area contributed by atoms with Gasteiger partial charge < -0.3 is 9.88 Å². The van der Waals surface area contributed by atoms with E-state index in [0.717, 1.165) is 23.9 Å². The minimum atomic E-state index is 0.133. The molecule has 2 aromatic rings. The smallest absolute Gasteiger partial charge is 0.220 e. The van der Waals surface area contributed by atoms with Gasteiger partial charge in [0, 0.05) is 30.4 Å². The standard InChI is InChI=1S/C15H15N3O/c16-8-13-7-12-3-1-2-4-14(12)18(13)10-11-5-6-15(19)17-9-11/h1-4,7,11H,5-6,9-10H2,(H,17,19). The SMILES string of the molecule is N#Cc1cc2ccccc2n1CC1CCC(=O)NC1. The van der Waals surface area contributed by atoms with Crippen LogP contribution in [0.5, 0.6) is 0 Å². The van der Waals surface area contributed by atoms with Gasteiger partial charge in [0.1, 0.15) is 11.8 Å². The van der Waals surface area contributed by atoms with Crippen LogP contribution < -0.4 is 5.32 Å². The fourth-order valence-corrected chi connectivity index (χ4v) is 2.70. The average Bonchev–Trinajstić information content (AvgIpc) is 2.79. The van der Waals surface area contributed by atoms with Gasteiger partial charge in [-0.2, -0.15) is 5.26 Å². The minimum Gasteiger partial charge on any atom is -0.356 e. The van der Waals surface area contributed by atoms with Crippen LogP contribution in [-0.2, 0) is 11.3 Å². The third-order valence-corrected chi connectivity index (χ3v) is 3.73. The number of piperidine rings is 1. The van der Waals surface area contributed by atoms with Crippen molar-refractivity contribution in [2.24, 2.45) is 5.92 Å². The highest BCUT2D eigenvalue weighted by molar-refractivity contribution is 5.82. The lowest BCUT2D eigenvalue weighted by Crippen LogP contribution is -2.36. The molecule has 1 N–H and O–H groups in total. The van der Waals surface area contributed by atoms with Crippen LogP contribution in [-0.4, -0.2) is 17.0 Å². The summed E-state index contributed by atoms with van der Waals surface area (Å²) in [7, 11) is 0. The fraction of sp³-hybridized carbons (Fsp3) is 0.333. The summed E-state index contributed by atoms with van der Waals surface area (Å²) in [4.78, 5) is 11.2. The Kier molecular flexibility index (Phi) is 2.96. The Labute approximate surface area is 111 Å². The number of benzene rings is 1. The van der Waals surface area contributed by atoms with Crippen LogP contribution in [0.25, 0.3) is 10.9 Å². The highest BCUT2D eigenvalue weighted by Crippen LogP contribution is 2.22. The van der Waals surface area contributed by atoms with Crippen molar-refractivity contribution < 1.29 is 4.79 Å². The first-order valence-electron chi connectivity index (χ1n) is 6.53. The van der Waals surface area contributed by atoms with Gasteiger partial charge in [-0.1, -0.05) is 18.2 Å². The number of carbonyl (C=O) groups is 1. The van der Waals surface area contributed by atoms with Crippen LogP contribution in [0.1, 0.15) is 18.5 Å². The Morgan fingerprint density at radius 2 is 2.26 bits per heavy atom. The molecule has 1 fully saturated rings.